The smallest absolute Gasteiger partial charge is 0.185 e. The highest BCUT2D eigenvalue weighted by Crippen LogP contribution is 2.29. The van der Waals surface area contributed by atoms with E-state index in [1.807, 2.05) is 31.3 Å². The molecule has 0 amide bonds. The minimum atomic E-state index is -0.175. The van der Waals surface area contributed by atoms with Gasteiger partial charge in [0.15, 0.2) is 10.9 Å². The lowest BCUT2D eigenvalue weighted by atomic mass is 10.1. The predicted octanol–water partition coefficient (Wildman–Crippen LogP) is 2.49. The van der Waals surface area contributed by atoms with E-state index < -0.39 is 0 Å². The van der Waals surface area contributed by atoms with Crippen molar-refractivity contribution in [2.75, 3.05) is 42.3 Å². The number of nitrogens with one attached hydrogen (secondary N) is 1. The molecule has 1 aliphatic rings. The minimum Gasteiger partial charge on any atom is -0.393 e. The number of pyridine rings is 1. The quantitative estimate of drug-likeness (QED) is 0.866. The summed E-state index contributed by atoms with van der Waals surface area (Å²) in [7, 11) is 4.03. The molecule has 7 heteroatoms. The molecule has 2 aromatic rings. The van der Waals surface area contributed by atoms with Gasteiger partial charge in [0.1, 0.15) is 0 Å². The molecule has 2 aromatic heterocycles. The fourth-order valence-electron chi connectivity index (χ4n) is 2.81. The number of aromatic nitrogens is 2. The van der Waals surface area contributed by atoms with Gasteiger partial charge in [-0.25, -0.2) is 9.97 Å². The van der Waals surface area contributed by atoms with Crippen LogP contribution in [-0.4, -0.2) is 48.4 Å². The van der Waals surface area contributed by atoms with Gasteiger partial charge in [-0.3, -0.25) is 0 Å². The fourth-order valence-corrected chi connectivity index (χ4v) is 3.73. The molecule has 1 aliphatic heterocycles. The Balaban J connectivity index is 1.72. The molecule has 0 bridgehead atoms. The van der Waals surface area contributed by atoms with Crippen molar-refractivity contribution in [3.8, 4) is 0 Å². The highest BCUT2D eigenvalue weighted by atomic mass is 32.1. The summed E-state index contributed by atoms with van der Waals surface area (Å²) in [5.41, 5.74) is 2.11. The lowest BCUT2D eigenvalue weighted by molar-refractivity contribution is 0.145. The van der Waals surface area contributed by atoms with Crippen molar-refractivity contribution in [3.05, 3.63) is 28.9 Å². The molecule has 130 valence electrons. The van der Waals surface area contributed by atoms with Crippen LogP contribution in [0.15, 0.2) is 18.3 Å². The molecule has 0 unspecified atom stereocenters. The van der Waals surface area contributed by atoms with Crippen molar-refractivity contribution in [2.45, 2.75) is 32.4 Å². The van der Waals surface area contributed by atoms with E-state index in [1.54, 1.807) is 11.3 Å². The first kappa shape index (κ1) is 17.0. The number of hydrogen-bond donors (Lipinski definition) is 2. The zero-order valence-electron chi connectivity index (χ0n) is 14.5. The van der Waals surface area contributed by atoms with E-state index >= 15 is 0 Å². The Hall–Kier alpha value is -1.86. The lowest BCUT2D eigenvalue weighted by Crippen LogP contribution is -2.36. The Morgan fingerprint density at radius 1 is 1.38 bits per heavy atom. The molecule has 3 rings (SSSR count). The van der Waals surface area contributed by atoms with Gasteiger partial charge < -0.3 is 20.2 Å². The Kier molecular flexibility index (Phi) is 5.20. The summed E-state index contributed by atoms with van der Waals surface area (Å²) >= 11 is 1.71. The van der Waals surface area contributed by atoms with Crippen LogP contribution in [0.4, 0.5) is 16.6 Å². The molecule has 3 heterocycles. The highest BCUT2D eigenvalue weighted by Gasteiger charge is 2.20. The Bertz CT molecular complexity index is 679. The zero-order chi connectivity index (χ0) is 17.1. The first-order chi connectivity index (χ1) is 11.5. The number of anilines is 3. The van der Waals surface area contributed by atoms with Gasteiger partial charge in [-0.1, -0.05) is 11.3 Å². The summed E-state index contributed by atoms with van der Waals surface area (Å²) in [5.74, 6) is 0.972. The van der Waals surface area contributed by atoms with E-state index in [-0.39, 0.29) is 6.10 Å². The molecule has 1 fully saturated rings. The van der Waals surface area contributed by atoms with Gasteiger partial charge in [-0.05, 0) is 31.9 Å². The van der Waals surface area contributed by atoms with Crippen molar-refractivity contribution >= 4 is 28.0 Å². The molecule has 0 atom stereocenters. The highest BCUT2D eigenvalue weighted by molar-refractivity contribution is 7.15. The van der Waals surface area contributed by atoms with Crippen LogP contribution in [0.2, 0.25) is 0 Å². The first-order valence-corrected chi connectivity index (χ1v) is 9.12. The summed E-state index contributed by atoms with van der Waals surface area (Å²) in [6.45, 7) is 4.48. The van der Waals surface area contributed by atoms with E-state index in [4.69, 9.17) is 0 Å². The predicted molar refractivity (Wildman–Crippen MR) is 100 cm³/mol. The van der Waals surface area contributed by atoms with E-state index in [9.17, 15) is 5.11 Å². The van der Waals surface area contributed by atoms with Gasteiger partial charge in [-0.2, -0.15) is 0 Å². The van der Waals surface area contributed by atoms with Crippen molar-refractivity contribution in [2.24, 2.45) is 0 Å². The third kappa shape index (κ3) is 3.79. The number of thiazole rings is 1. The first-order valence-electron chi connectivity index (χ1n) is 8.30. The Morgan fingerprint density at radius 2 is 2.12 bits per heavy atom. The molecule has 0 spiro atoms. The number of piperidine rings is 1. The zero-order valence-corrected chi connectivity index (χ0v) is 15.3. The third-order valence-electron chi connectivity index (χ3n) is 4.25. The van der Waals surface area contributed by atoms with Gasteiger partial charge in [-0.15, -0.1) is 0 Å². The topological polar surface area (TPSA) is 64.5 Å². The van der Waals surface area contributed by atoms with Crippen LogP contribution in [-0.2, 0) is 6.54 Å². The number of rotatable bonds is 5. The fraction of sp³-hybridized carbons (Fsp3) is 0.529. The van der Waals surface area contributed by atoms with Crippen LogP contribution < -0.4 is 15.1 Å². The molecular formula is C17H25N5OS. The van der Waals surface area contributed by atoms with Crippen molar-refractivity contribution in [1.82, 2.24) is 9.97 Å². The van der Waals surface area contributed by atoms with Crippen molar-refractivity contribution in [1.29, 1.82) is 0 Å². The van der Waals surface area contributed by atoms with E-state index in [0.29, 0.717) is 0 Å². The standard InChI is InChI=1S/C17H25N5OS/c1-12-15(24-17(20-12)21(2)3)11-19-14-5-4-8-18-16(14)22-9-6-13(23)7-10-22/h4-5,8,13,19,23H,6-7,9-11H2,1-3H3. The number of aryl methyl sites for hydroxylation is 1. The number of nitrogens with zero attached hydrogens (tertiary/aromatic N) is 4. The second-order valence-corrected chi connectivity index (χ2v) is 7.41. The van der Waals surface area contributed by atoms with Gasteiger partial charge in [0.05, 0.1) is 24.0 Å². The number of hydrogen-bond acceptors (Lipinski definition) is 7. The summed E-state index contributed by atoms with van der Waals surface area (Å²) in [4.78, 5) is 14.7. The molecule has 2 N–H and O–H groups in total. The summed E-state index contributed by atoms with van der Waals surface area (Å²) in [5, 5.41) is 14.2. The summed E-state index contributed by atoms with van der Waals surface area (Å²) in [6.07, 6.45) is 3.26. The molecular weight excluding hydrogens is 322 g/mol. The van der Waals surface area contributed by atoms with E-state index in [0.717, 1.165) is 54.8 Å². The van der Waals surface area contributed by atoms with Crippen LogP contribution >= 0.6 is 11.3 Å². The van der Waals surface area contributed by atoms with Crippen molar-refractivity contribution < 1.29 is 5.11 Å². The van der Waals surface area contributed by atoms with Crippen LogP contribution in [0.3, 0.4) is 0 Å². The molecule has 0 radical (unpaired) electrons. The molecule has 0 saturated carbocycles. The largest absolute Gasteiger partial charge is 0.393 e. The summed E-state index contributed by atoms with van der Waals surface area (Å²) in [6, 6.07) is 4.02. The molecule has 24 heavy (non-hydrogen) atoms. The van der Waals surface area contributed by atoms with Crippen LogP contribution in [0.25, 0.3) is 0 Å². The maximum atomic E-state index is 9.70. The summed E-state index contributed by atoms with van der Waals surface area (Å²) < 4.78 is 0. The molecule has 0 aromatic carbocycles. The van der Waals surface area contributed by atoms with Gasteiger partial charge in [0.2, 0.25) is 0 Å². The second-order valence-electron chi connectivity index (χ2n) is 6.35. The third-order valence-corrected chi connectivity index (χ3v) is 5.58. The van der Waals surface area contributed by atoms with Gasteiger partial charge >= 0.3 is 0 Å². The van der Waals surface area contributed by atoms with Crippen molar-refractivity contribution in [3.63, 3.8) is 0 Å². The molecule has 1 saturated heterocycles. The number of aliphatic hydroxyl groups is 1. The number of aliphatic hydroxyl groups excluding tert-OH is 1. The second kappa shape index (κ2) is 7.36. The average molecular weight is 347 g/mol. The maximum absolute atomic E-state index is 9.70. The Labute approximate surface area is 147 Å². The maximum Gasteiger partial charge on any atom is 0.185 e. The average Bonchev–Trinajstić information content (AvgIpc) is 2.95. The normalized spacial score (nSPS) is 15.6. The van der Waals surface area contributed by atoms with E-state index in [1.165, 1.54) is 4.88 Å². The monoisotopic (exact) mass is 347 g/mol. The Morgan fingerprint density at radius 3 is 2.79 bits per heavy atom. The molecule has 6 nitrogen and oxygen atoms in total. The SMILES string of the molecule is Cc1nc(N(C)C)sc1CNc1cccnc1N1CCC(O)CC1. The molecule has 0 aliphatic carbocycles. The van der Waals surface area contributed by atoms with Crippen LogP contribution in [0.1, 0.15) is 23.4 Å². The van der Waals surface area contributed by atoms with Crippen LogP contribution in [0, 0.1) is 6.92 Å². The van der Waals surface area contributed by atoms with Gasteiger partial charge in [0, 0.05) is 38.3 Å². The van der Waals surface area contributed by atoms with Gasteiger partial charge in [0.25, 0.3) is 0 Å². The van der Waals surface area contributed by atoms with Crippen LogP contribution in [0.5, 0.6) is 0 Å². The minimum absolute atomic E-state index is 0.175. The van der Waals surface area contributed by atoms with E-state index in [2.05, 4.69) is 33.2 Å². The lowest BCUT2D eigenvalue weighted by Gasteiger charge is -2.31.